The van der Waals surface area contributed by atoms with Crippen molar-refractivity contribution in [3.63, 3.8) is 0 Å². The van der Waals surface area contributed by atoms with Crippen molar-refractivity contribution in [2.24, 2.45) is 11.3 Å². The Morgan fingerprint density at radius 2 is 1.97 bits per heavy atom. The second-order valence-corrected chi connectivity index (χ2v) is 9.06. The van der Waals surface area contributed by atoms with Crippen LogP contribution in [0.25, 0.3) is 0 Å². The summed E-state index contributed by atoms with van der Waals surface area (Å²) in [5, 5.41) is 20.2. The summed E-state index contributed by atoms with van der Waals surface area (Å²) in [4.78, 5) is 28.0. The summed E-state index contributed by atoms with van der Waals surface area (Å²) in [6, 6.07) is -0.101. The fourth-order valence-corrected chi connectivity index (χ4v) is 4.27. The highest BCUT2D eigenvalue weighted by atomic mass is 16.6. The maximum Gasteiger partial charge on any atom is 0.409 e. The zero-order chi connectivity index (χ0) is 21.2. The molecule has 3 amide bonds. The van der Waals surface area contributed by atoms with Gasteiger partial charge in [-0.15, -0.1) is 0 Å². The van der Waals surface area contributed by atoms with Gasteiger partial charge in [-0.3, -0.25) is 0 Å². The van der Waals surface area contributed by atoms with E-state index in [0.717, 1.165) is 30.4 Å². The lowest BCUT2D eigenvalue weighted by atomic mass is 9.91. The molecule has 3 N–H and O–H groups in total. The average Bonchev–Trinajstić information content (AvgIpc) is 3.17. The molecule has 2 fully saturated rings. The molecule has 0 aromatic carbocycles. The molecule has 8 heteroatoms. The molecular formula is C21H32N4O4. The van der Waals surface area contributed by atoms with Crippen molar-refractivity contribution < 1.29 is 19.4 Å². The Morgan fingerprint density at radius 1 is 1.31 bits per heavy atom. The molecule has 2 heterocycles. The minimum Gasteiger partial charge on any atom is -0.446 e. The van der Waals surface area contributed by atoms with Crippen molar-refractivity contribution in [1.82, 2.24) is 15.1 Å². The Morgan fingerprint density at radius 3 is 2.52 bits per heavy atom. The van der Waals surface area contributed by atoms with Crippen molar-refractivity contribution in [2.45, 2.75) is 38.7 Å². The molecule has 29 heavy (non-hydrogen) atoms. The van der Waals surface area contributed by atoms with E-state index in [1.165, 1.54) is 6.21 Å². The van der Waals surface area contributed by atoms with Crippen LogP contribution in [-0.4, -0.2) is 78.2 Å². The standard InChI is InChI=1S/C21H32N4O4/c1-4-15-12-25(13-16(15)10-22)18(26)23-11-17-9-21(17)5-7-24(8-6-21)19(27)29-14-20(2,3)28/h4,10,17,22,28H,1,5-9,11-14H2,2-3H3,(H,23,26). The number of ether oxygens (including phenoxy) is 1. The van der Waals surface area contributed by atoms with E-state index < -0.39 is 5.60 Å². The van der Waals surface area contributed by atoms with Crippen LogP contribution in [0, 0.1) is 16.7 Å². The van der Waals surface area contributed by atoms with Gasteiger partial charge in [0.1, 0.15) is 6.61 Å². The van der Waals surface area contributed by atoms with Gasteiger partial charge in [0.15, 0.2) is 0 Å². The number of amides is 3. The predicted octanol–water partition coefficient (Wildman–Crippen LogP) is 2.15. The maximum atomic E-state index is 12.5. The van der Waals surface area contributed by atoms with Crippen molar-refractivity contribution in [1.29, 1.82) is 5.41 Å². The highest BCUT2D eigenvalue weighted by molar-refractivity contribution is 5.84. The lowest BCUT2D eigenvalue weighted by Gasteiger charge is -2.33. The van der Waals surface area contributed by atoms with E-state index in [-0.39, 0.29) is 24.1 Å². The number of piperidine rings is 1. The van der Waals surface area contributed by atoms with Gasteiger partial charge in [0.25, 0.3) is 0 Å². The van der Waals surface area contributed by atoms with E-state index in [2.05, 4.69) is 11.9 Å². The van der Waals surface area contributed by atoms with Crippen LogP contribution in [0.1, 0.15) is 33.1 Å². The number of aliphatic hydroxyl groups is 1. The van der Waals surface area contributed by atoms with Gasteiger partial charge in [0.2, 0.25) is 0 Å². The molecule has 1 saturated carbocycles. The molecule has 160 valence electrons. The molecule has 0 aromatic rings. The summed E-state index contributed by atoms with van der Waals surface area (Å²) < 4.78 is 5.18. The van der Waals surface area contributed by atoms with Crippen LogP contribution in [0.15, 0.2) is 23.8 Å². The van der Waals surface area contributed by atoms with Gasteiger partial charge in [-0.2, -0.15) is 0 Å². The van der Waals surface area contributed by atoms with Crippen molar-refractivity contribution in [3.8, 4) is 0 Å². The second kappa shape index (κ2) is 8.18. The summed E-state index contributed by atoms with van der Waals surface area (Å²) in [7, 11) is 0. The minimum atomic E-state index is -1.02. The Balaban J connectivity index is 1.39. The molecule has 0 aromatic heterocycles. The van der Waals surface area contributed by atoms with Crippen molar-refractivity contribution >= 4 is 18.3 Å². The molecule has 1 aliphatic carbocycles. The monoisotopic (exact) mass is 404 g/mol. The Labute approximate surface area is 172 Å². The number of carbonyl (C=O) groups excluding carboxylic acids is 2. The summed E-state index contributed by atoms with van der Waals surface area (Å²) in [6.07, 6.45) is 5.53. The first-order valence-electron chi connectivity index (χ1n) is 10.2. The third-order valence-corrected chi connectivity index (χ3v) is 6.27. The number of nitrogens with one attached hydrogen (secondary N) is 2. The molecule has 8 nitrogen and oxygen atoms in total. The van der Waals surface area contributed by atoms with Gasteiger partial charge in [-0.25, -0.2) is 9.59 Å². The molecule has 2 aliphatic heterocycles. The van der Waals surface area contributed by atoms with E-state index >= 15 is 0 Å². The molecular weight excluding hydrogens is 372 g/mol. The fraction of sp³-hybridized carbons (Fsp3) is 0.667. The molecule has 3 aliphatic rings. The number of rotatable bonds is 6. The normalized spacial score (nSPS) is 23.2. The molecule has 3 rings (SSSR count). The smallest absolute Gasteiger partial charge is 0.409 e. The van der Waals surface area contributed by atoms with E-state index in [1.807, 2.05) is 0 Å². The van der Waals surface area contributed by atoms with Gasteiger partial charge in [-0.1, -0.05) is 12.7 Å². The Hall–Kier alpha value is -2.35. The van der Waals surface area contributed by atoms with Gasteiger partial charge >= 0.3 is 12.1 Å². The van der Waals surface area contributed by atoms with E-state index in [9.17, 15) is 14.7 Å². The second-order valence-electron chi connectivity index (χ2n) is 9.06. The number of hydrogen-bond donors (Lipinski definition) is 3. The van der Waals surface area contributed by atoms with Crippen LogP contribution >= 0.6 is 0 Å². The number of likely N-dealkylation sites (tertiary alicyclic amines) is 1. The quantitative estimate of drug-likeness (QED) is 0.590. The van der Waals surface area contributed by atoms with Gasteiger partial charge in [0, 0.05) is 38.9 Å². The van der Waals surface area contributed by atoms with Gasteiger partial charge in [-0.05, 0) is 55.6 Å². The van der Waals surface area contributed by atoms with Crippen molar-refractivity contribution in [2.75, 3.05) is 39.3 Å². The van der Waals surface area contributed by atoms with Crippen LogP contribution in [0.2, 0.25) is 0 Å². The average molecular weight is 405 g/mol. The van der Waals surface area contributed by atoms with E-state index in [4.69, 9.17) is 10.1 Å². The topological polar surface area (TPSA) is 106 Å². The van der Waals surface area contributed by atoms with Crippen LogP contribution in [0.4, 0.5) is 9.59 Å². The maximum absolute atomic E-state index is 12.5. The molecule has 1 atom stereocenters. The zero-order valence-electron chi connectivity index (χ0n) is 17.4. The summed E-state index contributed by atoms with van der Waals surface area (Å²) in [5.74, 6) is 0.442. The van der Waals surface area contributed by atoms with Gasteiger partial charge in [0.05, 0.1) is 5.60 Å². The number of nitrogens with zero attached hydrogens (tertiary/aromatic N) is 2. The minimum absolute atomic E-state index is 0.0131. The fourth-order valence-electron chi connectivity index (χ4n) is 4.27. The zero-order valence-corrected chi connectivity index (χ0v) is 17.4. The lowest BCUT2D eigenvalue weighted by molar-refractivity contribution is -0.00715. The largest absolute Gasteiger partial charge is 0.446 e. The van der Waals surface area contributed by atoms with Crippen LogP contribution < -0.4 is 5.32 Å². The summed E-state index contributed by atoms with van der Waals surface area (Å²) in [6.45, 7) is 9.84. The Kier molecular flexibility index (Phi) is 6.03. The number of carbonyl (C=O) groups is 2. The number of hydrogen-bond acceptors (Lipinski definition) is 5. The SMILES string of the molecule is C=CC1=C(C=N)CN(C(=O)NCC2CC23CCN(C(=O)OCC(C)(C)O)CC3)C1. The predicted molar refractivity (Wildman–Crippen MR) is 110 cm³/mol. The van der Waals surface area contributed by atoms with Crippen LogP contribution in [0.3, 0.4) is 0 Å². The van der Waals surface area contributed by atoms with E-state index in [0.29, 0.717) is 38.6 Å². The third kappa shape index (κ3) is 4.98. The lowest BCUT2D eigenvalue weighted by Crippen LogP contribution is -2.43. The molecule has 1 saturated heterocycles. The molecule has 1 spiro atoms. The highest BCUT2D eigenvalue weighted by Gasteiger charge is 2.55. The number of urea groups is 1. The van der Waals surface area contributed by atoms with Crippen molar-refractivity contribution in [3.05, 3.63) is 23.8 Å². The molecule has 0 bridgehead atoms. The first-order chi connectivity index (χ1) is 13.7. The van der Waals surface area contributed by atoms with Gasteiger partial charge < -0.3 is 30.4 Å². The summed E-state index contributed by atoms with van der Waals surface area (Å²) in [5.41, 5.74) is 0.961. The highest BCUT2D eigenvalue weighted by Crippen LogP contribution is 2.59. The molecule has 1 unspecified atom stereocenters. The Bertz CT molecular complexity index is 697. The third-order valence-electron chi connectivity index (χ3n) is 6.27. The molecule has 0 radical (unpaired) electrons. The first-order valence-corrected chi connectivity index (χ1v) is 10.2. The van der Waals surface area contributed by atoms with E-state index in [1.54, 1.807) is 29.7 Å². The summed E-state index contributed by atoms with van der Waals surface area (Å²) >= 11 is 0. The first kappa shape index (κ1) is 21.4. The van der Waals surface area contributed by atoms with Crippen LogP contribution in [0.5, 0.6) is 0 Å². The van der Waals surface area contributed by atoms with Crippen LogP contribution in [-0.2, 0) is 4.74 Å².